The van der Waals surface area contributed by atoms with Crippen molar-refractivity contribution in [2.45, 2.75) is 175 Å². The molecule has 71 heavy (non-hydrogen) atoms. The van der Waals surface area contributed by atoms with Gasteiger partial charge in [0.05, 0.1) is 12.5 Å². The van der Waals surface area contributed by atoms with Gasteiger partial charge in [-0.3, -0.25) is 14.7 Å². The molecule has 22 heteroatoms. The molecule has 3 unspecified atom stereocenters. The molecular formula is C49H101ClN9O8S4-3. The molecule has 2 amide bonds. The van der Waals surface area contributed by atoms with E-state index in [9.17, 15) is 26.4 Å². The first kappa shape index (κ1) is 70.1. The zero-order chi connectivity index (χ0) is 49.3. The Morgan fingerprint density at radius 3 is 1.11 bits per heavy atom. The highest BCUT2D eigenvalue weighted by Gasteiger charge is 2.35. The first-order chi connectivity index (χ1) is 31.5. The van der Waals surface area contributed by atoms with Gasteiger partial charge in [-0.1, -0.05) is 65.2 Å². The second-order valence-corrected chi connectivity index (χ2v) is 25.8. The third kappa shape index (κ3) is 27.2. The van der Waals surface area contributed by atoms with Gasteiger partial charge in [0.1, 0.15) is 11.2 Å². The number of hydrogen-bond acceptors (Lipinski definition) is 14. The molecule has 0 spiro atoms. The van der Waals surface area contributed by atoms with Gasteiger partial charge in [0.25, 0.3) is 0 Å². The molecule has 3 atom stereocenters. The zero-order valence-corrected chi connectivity index (χ0v) is 48.5. The maximum absolute atomic E-state index is 12.2. The van der Waals surface area contributed by atoms with Crippen molar-refractivity contribution in [3.8, 4) is 0 Å². The summed E-state index contributed by atoms with van der Waals surface area (Å²) in [4.78, 5) is 35.3. The van der Waals surface area contributed by atoms with Crippen molar-refractivity contribution in [1.82, 2.24) is 39.3 Å². The molecule has 0 aromatic rings. The molecule has 6 rings (SSSR count). The van der Waals surface area contributed by atoms with Gasteiger partial charge in [0, 0.05) is 116 Å². The number of nitrogens with two attached hydrogens (primary N) is 1. The summed E-state index contributed by atoms with van der Waals surface area (Å²) < 4.78 is 62.2. The van der Waals surface area contributed by atoms with Crippen LogP contribution in [-0.4, -0.2) is 194 Å². The van der Waals surface area contributed by atoms with Gasteiger partial charge >= 0.3 is 12.2 Å². The Balaban J connectivity index is 0.00000102. The zero-order valence-electron chi connectivity index (χ0n) is 44.3. The minimum atomic E-state index is -3.20. The van der Waals surface area contributed by atoms with Crippen molar-refractivity contribution in [1.29, 1.82) is 0 Å². The van der Waals surface area contributed by atoms with Crippen LogP contribution >= 0.6 is 12.4 Å². The molecule has 0 bridgehead atoms. The first-order valence-electron chi connectivity index (χ1n) is 26.0. The molecule has 17 nitrogen and oxygen atoms in total. The van der Waals surface area contributed by atoms with Gasteiger partial charge in [-0.15, -0.1) is 12.4 Å². The van der Waals surface area contributed by atoms with Crippen molar-refractivity contribution >= 4 is 71.6 Å². The second-order valence-electron chi connectivity index (χ2n) is 22.2. The smallest absolute Gasteiger partial charge is 0.410 e. The van der Waals surface area contributed by atoms with Gasteiger partial charge in [0.15, 0.2) is 0 Å². The molecule has 0 radical (unpaired) electrons. The number of thiol groups is 1. The number of carbonyl (C=O) groups excluding carboxylic acids is 2. The number of nitrogens with zero attached hydrogens (tertiary/aromatic N) is 5. The quantitative estimate of drug-likeness (QED) is 0.130. The van der Waals surface area contributed by atoms with Crippen LogP contribution in [0.1, 0.15) is 145 Å². The molecule has 3 saturated heterocycles. The maximum atomic E-state index is 12.2. The van der Waals surface area contributed by atoms with E-state index in [1.54, 1.807) is 4.90 Å². The predicted molar refractivity (Wildman–Crippen MR) is 299 cm³/mol. The molecule has 6 aliphatic rings. The topological polar surface area (TPSA) is 199 Å². The molecule has 424 valence electrons. The fraction of sp³-hybridized carbons (Fsp3) is 0.959. The summed E-state index contributed by atoms with van der Waals surface area (Å²) in [6, 6.07) is 1.06. The van der Waals surface area contributed by atoms with Crippen LogP contribution in [0.4, 0.5) is 9.59 Å². The molecule has 3 aliphatic carbocycles. The van der Waals surface area contributed by atoms with Gasteiger partial charge < -0.3 is 57.3 Å². The molecule has 6 fully saturated rings. The molecule has 0 aromatic carbocycles. The van der Waals surface area contributed by atoms with Crippen molar-refractivity contribution < 1.29 is 35.9 Å². The van der Waals surface area contributed by atoms with E-state index in [0.717, 1.165) is 90.8 Å². The van der Waals surface area contributed by atoms with E-state index in [2.05, 4.69) is 29.5 Å². The Morgan fingerprint density at radius 2 is 0.831 bits per heavy atom. The van der Waals surface area contributed by atoms with Gasteiger partial charge in [0.2, 0.25) is 20.0 Å². The maximum Gasteiger partial charge on any atom is 0.410 e. The largest absolute Gasteiger partial charge is 2.00 e. The number of hydrogen-bond donors (Lipinski definition) is 4. The van der Waals surface area contributed by atoms with E-state index in [0.29, 0.717) is 50.1 Å². The average Bonchev–Trinajstić information content (AvgIpc) is 3.27. The molecule has 0 aromatic heterocycles. The second kappa shape index (κ2) is 34.0. The lowest BCUT2D eigenvalue weighted by Gasteiger charge is -2.43. The van der Waals surface area contributed by atoms with Crippen LogP contribution in [0.15, 0.2) is 0 Å². The van der Waals surface area contributed by atoms with Crippen LogP contribution in [0.2, 0.25) is 0 Å². The van der Waals surface area contributed by atoms with E-state index in [1.165, 1.54) is 96.0 Å². The molecule has 3 saturated carbocycles. The lowest BCUT2D eigenvalue weighted by molar-refractivity contribution is 0.00475. The first-order valence-corrected chi connectivity index (χ1v) is 29.8. The monoisotopic (exact) mass is 1110 g/mol. The summed E-state index contributed by atoms with van der Waals surface area (Å²) in [6.45, 7) is 23.3. The number of amides is 2. The summed E-state index contributed by atoms with van der Waals surface area (Å²) in [7, 11) is -6.29. The third-order valence-corrected chi connectivity index (χ3v) is 15.8. The van der Waals surface area contributed by atoms with E-state index in [1.807, 2.05) is 46.4 Å². The summed E-state index contributed by atoms with van der Waals surface area (Å²) in [5.74, 6) is 1.92. The Morgan fingerprint density at radius 1 is 0.549 bits per heavy atom. The number of ether oxygens (including phenoxy) is 2. The highest BCUT2D eigenvalue weighted by atomic mass is 35.5. The minimum absolute atomic E-state index is 0. The Labute approximate surface area is 453 Å². The number of rotatable bonds is 13. The van der Waals surface area contributed by atoms with Crippen LogP contribution in [0.5, 0.6) is 0 Å². The van der Waals surface area contributed by atoms with E-state index in [4.69, 9.17) is 15.2 Å². The number of nitrogens with one attached hydrogen (secondary N) is 3. The highest BCUT2D eigenvalue weighted by molar-refractivity contribution is 7.89. The molecule has 5 N–H and O–H groups in total. The lowest BCUT2D eigenvalue weighted by atomic mass is 9.83. The normalized spacial score (nSPS) is 22.2. The predicted octanol–water partition coefficient (Wildman–Crippen LogP) is 5.66. The molecule has 3 heterocycles. The van der Waals surface area contributed by atoms with Crippen LogP contribution in [0.3, 0.4) is 0 Å². The van der Waals surface area contributed by atoms with Gasteiger partial charge in [-0.25, -0.2) is 35.9 Å². The van der Waals surface area contributed by atoms with E-state index in [-0.39, 0.29) is 65.1 Å². The van der Waals surface area contributed by atoms with Crippen LogP contribution in [0.25, 0.3) is 0 Å². The number of carbonyl (C=O) groups is 2. The average molecular weight is 1110 g/mol. The third-order valence-electron chi connectivity index (χ3n) is 14.4. The Kier molecular flexibility index (Phi) is 33.6. The van der Waals surface area contributed by atoms with Crippen LogP contribution < -0.4 is 20.5 Å². The Bertz CT molecular complexity index is 1660. The van der Waals surface area contributed by atoms with E-state index >= 15 is 0 Å². The summed E-state index contributed by atoms with van der Waals surface area (Å²) in [6.07, 6.45) is 21.2. The summed E-state index contributed by atoms with van der Waals surface area (Å²) >= 11 is 0. The summed E-state index contributed by atoms with van der Waals surface area (Å²) in [5, 5.41) is 3.36. The van der Waals surface area contributed by atoms with Crippen molar-refractivity contribution in [3.63, 3.8) is 0 Å². The highest BCUT2D eigenvalue weighted by Crippen LogP contribution is 2.32. The van der Waals surface area contributed by atoms with Crippen molar-refractivity contribution in [3.05, 3.63) is 0 Å². The SMILES string of the molecule is C.CC(C)(C)OC(=O)N1CCN(C(CN)C2CCCCC2)CC1.CC(C)(C)OC(=O)N1CCN(C(CNS(C)(=O)=O)C2CCCCC2)CC1.CS(=O)(=O)NCC(C1CCCCC1)N1CCNCC1.Cl.[S-2].[SH-]. The molecule has 3 aliphatic heterocycles. The van der Waals surface area contributed by atoms with Gasteiger partial charge in [-0.05, 0) is 97.8 Å². The van der Waals surface area contributed by atoms with Crippen LogP contribution in [-0.2, 0) is 56.5 Å². The number of piperazine rings is 3. The fourth-order valence-corrected chi connectivity index (χ4v) is 11.9. The van der Waals surface area contributed by atoms with Crippen LogP contribution in [0, 0.1) is 17.8 Å². The van der Waals surface area contributed by atoms with Crippen molar-refractivity contribution in [2.24, 2.45) is 23.5 Å². The fourth-order valence-electron chi connectivity index (χ4n) is 11.0. The number of halogens is 1. The minimum Gasteiger partial charge on any atom is -2.00 e. The lowest BCUT2D eigenvalue weighted by Crippen LogP contribution is -2.57. The molecular weight excluding hydrogens is 1010 g/mol. The standard InChI is InChI=1S/C18H35N3O4S.C17H33N3O2.C13H27N3O2S.CH4.ClH.H2S.S/c1-18(2,3)25-17(22)21-12-10-20(11-13-21)16(14-19-26(4,23)24)15-8-6-5-7-9-15;1-17(2,3)22-16(21)20-11-9-19(10-12-20)15(13-18)14-7-5-4-6-8-14;1-19(17,18)15-11-13(12-5-3-2-4-6-12)16-9-7-14-8-10-16;;;;/h15-16,19H,5-14H2,1-4H3;14-15H,4-13,18H2,1-3H3;12-15H,2-11H2,1H3;1H4;1H;1H2;/q;;;;;;-2/p-1. The Hall–Kier alpha value is -0.850. The summed E-state index contributed by atoms with van der Waals surface area (Å²) in [5.41, 5.74) is 5.16. The number of sulfonamides is 2. The van der Waals surface area contributed by atoms with Gasteiger partial charge in [-0.2, -0.15) is 0 Å². The van der Waals surface area contributed by atoms with E-state index < -0.39 is 31.2 Å². The van der Waals surface area contributed by atoms with Crippen molar-refractivity contribution in [2.75, 3.05) is 111 Å².